The summed E-state index contributed by atoms with van der Waals surface area (Å²) >= 11 is 0. The van der Waals surface area contributed by atoms with Gasteiger partial charge in [0, 0.05) is 17.8 Å². The predicted octanol–water partition coefficient (Wildman–Crippen LogP) is 2.51. The van der Waals surface area contributed by atoms with Crippen LogP contribution in [0.2, 0.25) is 0 Å². The zero-order valence-corrected chi connectivity index (χ0v) is 11.6. The van der Waals surface area contributed by atoms with Crippen molar-refractivity contribution in [1.82, 2.24) is 9.78 Å². The minimum atomic E-state index is -0.621. The van der Waals surface area contributed by atoms with Crippen LogP contribution in [0, 0.1) is 11.6 Å². The third-order valence-corrected chi connectivity index (χ3v) is 2.96. The molecule has 1 heterocycles. The Morgan fingerprint density at radius 3 is 2.67 bits per heavy atom. The fourth-order valence-corrected chi connectivity index (χ4v) is 1.94. The van der Waals surface area contributed by atoms with E-state index in [0.29, 0.717) is 5.82 Å². The predicted molar refractivity (Wildman–Crippen MR) is 72.6 cm³/mol. The highest BCUT2D eigenvalue weighted by Gasteiger charge is 2.16. The van der Waals surface area contributed by atoms with Gasteiger partial charge in [-0.3, -0.25) is 9.48 Å². The first-order chi connectivity index (χ1) is 10.0. The van der Waals surface area contributed by atoms with Crippen LogP contribution < -0.4 is 5.32 Å². The molecule has 0 saturated heterocycles. The van der Waals surface area contributed by atoms with Gasteiger partial charge in [-0.15, -0.1) is 0 Å². The summed E-state index contributed by atoms with van der Waals surface area (Å²) in [6.45, 7) is 1.60. The molecule has 112 valence electrons. The number of aromatic nitrogens is 2. The average Bonchev–Trinajstić information content (AvgIpc) is 2.85. The number of nitrogens with one attached hydrogen (secondary N) is 1. The molecule has 1 unspecified atom stereocenters. The molecule has 1 N–H and O–H groups in total. The van der Waals surface area contributed by atoms with E-state index in [2.05, 4.69) is 15.2 Å². The molecule has 0 amide bonds. The van der Waals surface area contributed by atoms with Gasteiger partial charge in [0.1, 0.15) is 24.0 Å². The molecule has 0 aliphatic rings. The number of hydrogen-bond acceptors (Lipinski definition) is 4. The van der Waals surface area contributed by atoms with Crippen LogP contribution in [0.3, 0.4) is 0 Å². The van der Waals surface area contributed by atoms with Crippen molar-refractivity contribution < 1.29 is 18.3 Å². The Morgan fingerprint density at radius 1 is 1.38 bits per heavy atom. The van der Waals surface area contributed by atoms with E-state index in [1.54, 1.807) is 19.2 Å². The van der Waals surface area contributed by atoms with Gasteiger partial charge in [-0.2, -0.15) is 5.10 Å². The van der Waals surface area contributed by atoms with Crippen LogP contribution in [-0.2, 0) is 16.1 Å². The number of benzene rings is 1. The molecule has 1 aromatic carbocycles. The smallest absolute Gasteiger partial charge is 0.327 e. The van der Waals surface area contributed by atoms with Gasteiger partial charge < -0.3 is 10.1 Å². The maximum Gasteiger partial charge on any atom is 0.327 e. The van der Waals surface area contributed by atoms with Gasteiger partial charge in [0.2, 0.25) is 0 Å². The van der Waals surface area contributed by atoms with Gasteiger partial charge >= 0.3 is 5.97 Å². The zero-order valence-electron chi connectivity index (χ0n) is 11.6. The minimum Gasteiger partial charge on any atom is -0.468 e. The van der Waals surface area contributed by atoms with Crippen LogP contribution in [0.5, 0.6) is 0 Å². The van der Waals surface area contributed by atoms with Crippen molar-refractivity contribution >= 4 is 11.8 Å². The monoisotopic (exact) mass is 295 g/mol. The maximum atomic E-state index is 13.7. The van der Waals surface area contributed by atoms with Crippen molar-refractivity contribution in [3.05, 3.63) is 47.7 Å². The fourth-order valence-electron chi connectivity index (χ4n) is 1.94. The maximum absolute atomic E-state index is 13.7. The van der Waals surface area contributed by atoms with Gasteiger partial charge in [-0.05, 0) is 19.1 Å². The number of rotatable bonds is 5. The van der Waals surface area contributed by atoms with Crippen LogP contribution >= 0.6 is 0 Å². The summed E-state index contributed by atoms with van der Waals surface area (Å²) in [5.74, 6) is -1.26. The molecule has 0 fully saturated rings. The van der Waals surface area contributed by atoms with E-state index in [9.17, 15) is 13.6 Å². The lowest BCUT2D eigenvalue weighted by Gasteiger charge is -2.15. The minimum absolute atomic E-state index is 0.0272. The van der Waals surface area contributed by atoms with E-state index in [1.807, 2.05) is 0 Å². The summed E-state index contributed by atoms with van der Waals surface area (Å²) in [7, 11) is 1.29. The van der Waals surface area contributed by atoms with Gasteiger partial charge in [0.05, 0.1) is 13.2 Å². The second-order valence-corrected chi connectivity index (χ2v) is 4.48. The summed E-state index contributed by atoms with van der Waals surface area (Å²) in [5.41, 5.74) is -0.0555. The second-order valence-electron chi connectivity index (χ2n) is 4.48. The number of ether oxygens (including phenoxy) is 1. The molecule has 7 heteroatoms. The quantitative estimate of drug-likeness (QED) is 0.861. The van der Waals surface area contributed by atoms with E-state index in [1.165, 1.54) is 30.0 Å². The van der Waals surface area contributed by atoms with Crippen LogP contribution in [0.25, 0.3) is 0 Å². The summed E-state index contributed by atoms with van der Waals surface area (Å²) in [5, 5.41) is 6.97. The van der Waals surface area contributed by atoms with Crippen molar-refractivity contribution in [2.75, 3.05) is 12.4 Å². The molecule has 21 heavy (non-hydrogen) atoms. The van der Waals surface area contributed by atoms with Crippen molar-refractivity contribution in [3.8, 4) is 0 Å². The molecule has 0 radical (unpaired) electrons. The number of halogens is 2. The Hall–Kier alpha value is -2.44. The summed E-state index contributed by atoms with van der Waals surface area (Å²) in [6, 6.07) is 4.72. The molecule has 0 aliphatic carbocycles. The lowest BCUT2D eigenvalue weighted by Crippen LogP contribution is -2.14. The first kappa shape index (κ1) is 15.0. The Balaban J connectivity index is 2.09. The number of hydrogen-bond donors (Lipinski definition) is 1. The zero-order chi connectivity index (χ0) is 15.4. The third-order valence-electron chi connectivity index (χ3n) is 2.96. The van der Waals surface area contributed by atoms with E-state index in [4.69, 9.17) is 0 Å². The number of methoxy groups -OCH3 is 1. The van der Waals surface area contributed by atoms with Crippen LogP contribution in [0.1, 0.15) is 18.5 Å². The molecule has 0 saturated carbocycles. The molecule has 5 nitrogen and oxygen atoms in total. The number of carbonyl (C=O) groups is 1. The highest BCUT2D eigenvalue weighted by molar-refractivity contribution is 5.68. The highest BCUT2D eigenvalue weighted by Crippen LogP contribution is 2.23. The number of nitrogens with zero attached hydrogens (tertiary/aromatic N) is 2. The molecule has 1 aromatic heterocycles. The third kappa shape index (κ3) is 3.56. The highest BCUT2D eigenvalue weighted by atomic mass is 19.1. The van der Waals surface area contributed by atoms with Crippen molar-refractivity contribution in [2.45, 2.75) is 19.5 Å². The van der Waals surface area contributed by atoms with Gasteiger partial charge in [-0.1, -0.05) is 6.07 Å². The van der Waals surface area contributed by atoms with Crippen LogP contribution in [0.4, 0.5) is 14.6 Å². The van der Waals surface area contributed by atoms with Gasteiger partial charge in [-0.25, -0.2) is 8.78 Å². The average molecular weight is 295 g/mol. The van der Waals surface area contributed by atoms with Crippen LogP contribution in [-0.4, -0.2) is 22.9 Å². The van der Waals surface area contributed by atoms with Crippen molar-refractivity contribution in [1.29, 1.82) is 0 Å². The number of anilines is 1. The second kappa shape index (κ2) is 6.34. The number of esters is 1. The first-order valence-corrected chi connectivity index (χ1v) is 6.32. The largest absolute Gasteiger partial charge is 0.468 e. The Bertz CT molecular complexity index is 623. The lowest BCUT2D eigenvalue weighted by molar-refractivity contribution is -0.141. The number of carbonyl (C=O) groups excluding carboxylic acids is 1. The Morgan fingerprint density at radius 2 is 2.05 bits per heavy atom. The van der Waals surface area contributed by atoms with E-state index in [-0.39, 0.29) is 12.1 Å². The molecule has 0 aliphatic heterocycles. The molecular weight excluding hydrogens is 280 g/mol. The molecule has 2 aromatic rings. The molecule has 0 bridgehead atoms. The van der Waals surface area contributed by atoms with E-state index < -0.39 is 23.6 Å². The molecule has 2 rings (SSSR count). The van der Waals surface area contributed by atoms with Crippen molar-refractivity contribution in [2.24, 2.45) is 0 Å². The standard InChI is InChI=1S/C14H15F2N3O2/c1-9(14-10(15)4-3-5-11(14)16)17-12-6-7-19(18-12)8-13(20)21-2/h3-7,9H,8H2,1-2H3,(H,17,18). The molecule has 1 atom stereocenters. The Labute approximate surface area is 120 Å². The molecule has 0 spiro atoms. The van der Waals surface area contributed by atoms with Crippen LogP contribution in [0.15, 0.2) is 30.5 Å². The summed E-state index contributed by atoms with van der Waals surface area (Å²) in [4.78, 5) is 11.1. The Kier molecular flexibility index (Phi) is 4.52. The topological polar surface area (TPSA) is 56.1 Å². The van der Waals surface area contributed by atoms with Gasteiger partial charge in [0.25, 0.3) is 0 Å². The SMILES string of the molecule is COC(=O)Cn1ccc(NC(C)c2c(F)cccc2F)n1. The van der Waals surface area contributed by atoms with Gasteiger partial charge in [0.15, 0.2) is 0 Å². The molecular formula is C14H15F2N3O2. The van der Waals surface area contributed by atoms with E-state index in [0.717, 1.165) is 0 Å². The lowest BCUT2D eigenvalue weighted by atomic mass is 10.1. The summed E-state index contributed by atoms with van der Waals surface area (Å²) in [6.07, 6.45) is 1.57. The first-order valence-electron chi connectivity index (χ1n) is 6.32. The summed E-state index contributed by atoms with van der Waals surface area (Å²) < 4.78 is 33.2. The fraction of sp³-hybridized carbons (Fsp3) is 0.286. The van der Waals surface area contributed by atoms with Crippen molar-refractivity contribution in [3.63, 3.8) is 0 Å². The van der Waals surface area contributed by atoms with E-state index >= 15 is 0 Å². The normalized spacial score (nSPS) is 12.0.